The van der Waals surface area contributed by atoms with Gasteiger partial charge in [0.1, 0.15) is 11.5 Å². The van der Waals surface area contributed by atoms with E-state index in [4.69, 9.17) is 0 Å². The van der Waals surface area contributed by atoms with Crippen molar-refractivity contribution in [1.82, 2.24) is 19.9 Å². The molecule has 152 valence electrons. The van der Waals surface area contributed by atoms with Crippen molar-refractivity contribution >= 4 is 16.7 Å². The Balaban J connectivity index is 1.34. The fourth-order valence-corrected chi connectivity index (χ4v) is 3.69. The highest BCUT2D eigenvalue weighted by Gasteiger charge is 2.32. The maximum absolute atomic E-state index is 12.9. The summed E-state index contributed by atoms with van der Waals surface area (Å²) in [5, 5.41) is 3.93. The van der Waals surface area contributed by atoms with E-state index in [1.54, 1.807) is 6.20 Å². The summed E-state index contributed by atoms with van der Waals surface area (Å²) >= 11 is 0. The van der Waals surface area contributed by atoms with E-state index in [1.165, 1.54) is 23.9 Å². The Morgan fingerprint density at radius 3 is 2.62 bits per heavy atom. The molecule has 0 aliphatic carbocycles. The lowest BCUT2D eigenvalue weighted by Gasteiger charge is -2.32. The summed E-state index contributed by atoms with van der Waals surface area (Å²) in [6.07, 6.45) is 2.85. The SMILES string of the molecule is FC(F)(F)c1ccc2c(NCC3CCN(Cc4cccnc4)CC3)nccc2n1. The van der Waals surface area contributed by atoms with E-state index in [-0.39, 0.29) is 0 Å². The standard InChI is InChI=1S/C21H22F3N5/c22-21(23,24)19-4-3-17-18(28-19)5-9-26-20(17)27-13-15-6-10-29(11-7-15)14-16-2-1-8-25-12-16/h1-5,8-9,12,15H,6-7,10-11,13-14H2,(H,26,27). The summed E-state index contributed by atoms with van der Waals surface area (Å²) in [6, 6.07) is 8.00. The molecule has 0 unspecified atom stereocenters. The predicted molar refractivity (Wildman–Crippen MR) is 105 cm³/mol. The molecule has 0 atom stereocenters. The van der Waals surface area contributed by atoms with Crippen LogP contribution in [0.15, 0.2) is 48.9 Å². The van der Waals surface area contributed by atoms with Gasteiger partial charge in [-0.05, 0) is 61.7 Å². The lowest BCUT2D eigenvalue weighted by molar-refractivity contribution is -0.140. The van der Waals surface area contributed by atoms with E-state index < -0.39 is 11.9 Å². The molecule has 0 amide bonds. The van der Waals surface area contributed by atoms with Crippen LogP contribution in [0.1, 0.15) is 24.1 Å². The van der Waals surface area contributed by atoms with Crippen LogP contribution in [0.4, 0.5) is 19.0 Å². The molecule has 0 bridgehead atoms. The lowest BCUT2D eigenvalue weighted by Crippen LogP contribution is -2.35. The summed E-state index contributed by atoms with van der Waals surface area (Å²) in [7, 11) is 0. The van der Waals surface area contributed by atoms with E-state index in [9.17, 15) is 13.2 Å². The second-order valence-corrected chi connectivity index (χ2v) is 7.38. The molecular formula is C21H22F3N5. The molecule has 5 nitrogen and oxygen atoms in total. The van der Waals surface area contributed by atoms with E-state index in [1.807, 2.05) is 12.3 Å². The molecule has 1 N–H and O–H groups in total. The molecule has 1 saturated heterocycles. The zero-order chi connectivity index (χ0) is 20.3. The molecular weight excluding hydrogens is 379 g/mol. The zero-order valence-electron chi connectivity index (χ0n) is 15.9. The number of fused-ring (bicyclic) bond motifs is 1. The largest absolute Gasteiger partial charge is 0.433 e. The van der Waals surface area contributed by atoms with Crippen LogP contribution in [0, 0.1) is 5.92 Å². The van der Waals surface area contributed by atoms with Crippen LogP contribution in [0.2, 0.25) is 0 Å². The molecule has 8 heteroatoms. The van der Waals surface area contributed by atoms with Gasteiger partial charge >= 0.3 is 6.18 Å². The fourth-order valence-electron chi connectivity index (χ4n) is 3.69. The van der Waals surface area contributed by atoms with Gasteiger partial charge < -0.3 is 5.32 Å². The van der Waals surface area contributed by atoms with Crippen molar-refractivity contribution in [2.45, 2.75) is 25.6 Å². The number of anilines is 1. The number of pyridine rings is 3. The third-order valence-electron chi connectivity index (χ3n) is 5.30. The highest BCUT2D eigenvalue weighted by atomic mass is 19.4. The first-order chi connectivity index (χ1) is 14.0. The van der Waals surface area contributed by atoms with Gasteiger partial charge in [-0.15, -0.1) is 0 Å². The second-order valence-electron chi connectivity index (χ2n) is 7.38. The molecule has 0 radical (unpaired) electrons. The van der Waals surface area contributed by atoms with Crippen molar-refractivity contribution in [3.8, 4) is 0 Å². The maximum Gasteiger partial charge on any atom is 0.433 e. The topological polar surface area (TPSA) is 53.9 Å². The van der Waals surface area contributed by atoms with E-state index in [0.717, 1.165) is 45.1 Å². The average molecular weight is 401 g/mol. The average Bonchev–Trinajstić information content (AvgIpc) is 2.73. The first-order valence-electron chi connectivity index (χ1n) is 9.67. The minimum Gasteiger partial charge on any atom is -0.369 e. The Morgan fingerprint density at radius 1 is 1.07 bits per heavy atom. The monoisotopic (exact) mass is 401 g/mol. The minimum absolute atomic E-state index is 0.295. The summed E-state index contributed by atoms with van der Waals surface area (Å²) in [5.74, 6) is 1.08. The van der Waals surface area contributed by atoms with Crippen molar-refractivity contribution in [2.24, 2.45) is 5.92 Å². The van der Waals surface area contributed by atoms with Crippen molar-refractivity contribution in [3.63, 3.8) is 0 Å². The third kappa shape index (κ3) is 4.82. The van der Waals surface area contributed by atoms with Crippen LogP contribution in [-0.4, -0.2) is 39.5 Å². The van der Waals surface area contributed by atoms with E-state index in [2.05, 4.69) is 31.2 Å². The number of alkyl halides is 3. The molecule has 0 saturated carbocycles. The number of piperidine rings is 1. The van der Waals surface area contributed by atoms with E-state index >= 15 is 0 Å². The highest BCUT2D eigenvalue weighted by molar-refractivity contribution is 5.89. The number of rotatable bonds is 5. The van der Waals surface area contributed by atoms with Gasteiger partial charge in [-0.25, -0.2) is 9.97 Å². The molecule has 4 rings (SSSR count). The molecule has 1 fully saturated rings. The van der Waals surface area contributed by atoms with Crippen molar-refractivity contribution in [1.29, 1.82) is 0 Å². The molecule has 29 heavy (non-hydrogen) atoms. The Morgan fingerprint density at radius 2 is 1.90 bits per heavy atom. The molecule has 0 aromatic carbocycles. The Hall–Kier alpha value is -2.74. The smallest absolute Gasteiger partial charge is 0.369 e. The summed E-state index contributed by atoms with van der Waals surface area (Å²) in [4.78, 5) is 14.6. The normalized spacial score (nSPS) is 16.2. The lowest BCUT2D eigenvalue weighted by atomic mass is 9.96. The summed E-state index contributed by atoms with van der Waals surface area (Å²) in [6.45, 7) is 3.68. The zero-order valence-corrected chi connectivity index (χ0v) is 15.9. The number of hydrogen-bond donors (Lipinski definition) is 1. The first-order valence-corrected chi connectivity index (χ1v) is 9.67. The number of nitrogens with one attached hydrogen (secondary N) is 1. The summed E-state index contributed by atoms with van der Waals surface area (Å²) in [5.41, 5.74) is 0.626. The quantitative estimate of drug-likeness (QED) is 0.688. The molecule has 4 heterocycles. The minimum atomic E-state index is -4.45. The van der Waals surface area contributed by atoms with Crippen LogP contribution in [0.5, 0.6) is 0 Å². The number of nitrogens with zero attached hydrogens (tertiary/aromatic N) is 4. The van der Waals surface area contributed by atoms with Crippen LogP contribution in [-0.2, 0) is 12.7 Å². The van der Waals surface area contributed by atoms with Gasteiger partial charge in [-0.1, -0.05) is 6.07 Å². The Kier molecular flexibility index (Phi) is 5.62. The third-order valence-corrected chi connectivity index (χ3v) is 5.30. The highest BCUT2D eigenvalue weighted by Crippen LogP contribution is 2.30. The van der Waals surface area contributed by atoms with Gasteiger partial charge in [0.2, 0.25) is 0 Å². The van der Waals surface area contributed by atoms with Crippen molar-refractivity contribution < 1.29 is 13.2 Å². The van der Waals surface area contributed by atoms with Gasteiger partial charge in [-0.2, -0.15) is 13.2 Å². The van der Waals surface area contributed by atoms with Crippen molar-refractivity contribution in [2.75, 3.05) is 25.0 Å². The fraction of sp³-hybridized carbons (Fsp3) is 0.381. The van der Waals surface area contributed by atoms with Gasteiger partial charge in [0.25, 0.3) is 0 Å². The van der Waals surface area contributed by atoms with Crippen molar-refractivity contribution in [3.05, 3.63) is 60.2 Å². The first kappa shape index (κ1) is 19.6. The molecule has 0 spiro atoms. The summed E-state index contributed by atoms with van der Waals surface area (Å²) < 4.78 is 38.6. The van der Waals surface area contributed by atoms with Gasteiger partial charge in [0, 0.05) is 37.1 Å². The van der Waals surface area contributed by atoms with Gasteiger partial charge in [0.05, 0.1) is 5.52 Å². The maximum atomic E-state index is 12.9. The number of aromatic nitrogens is 3. The second kappa shape index (κ2) is 8.32. The number of likely N-dealkylation sites (tertiary alicyclic amines) is 1. The molecule has 1 aliphatic heterocycles. The molecule has 1 aliphatic rings. The van der Waals surface area contributed by atoms with E-state index in [0.29, 0.717) is 22.6 Å². The van der Waals surface area contributed by atoms with Crippen LogP contribution >= 0.6 is 0 Å². The van der Waals surface area contributed by atoms with Crippen LogP contribution in [0.25, 0.3) is 10.9 Å². The van der Waals surface area contributed by atoms with Gasteiger partial charge in [-0.3, -0.25) is 9.88 Å². The number of hydrogen-bond acceptors (Lipinski definition) is 5. The Bertz CT molecular complexity index is 953. The van der Waals surface area contributed by atoms with Gasteiger partial charge in [0.15, 0.2) is 0 Å². The van der Waals surface area contributed by atoms with Crippen LogP contribution in [0.3, 0.4) is 0 Å². The Labute approximate surface area is 167 Å². The predicted octanol–water partition coefficient (Wildman–Crippen LogP) is 4.37. The van der Waals surface area contributed by atoms with Crippen LogP contribution < -0.4 is 5.32 Å². The number of halogens is 3. The molecule has 3 aromatic heterocycles. The molecule has 3 aromatic rings.